The van der Waals surface area contributed by atoms with Gasteiger partial charge in [0.25, 0.3) is 5.56 Å². The van der Waals surface area contributed by atoms with Crippen LogP contribution in [0.15, 0.2) is 15.7 Å². The molecule has 2 unspecified atom stereocenters. The highest BCUT2D eigenvalue weighted by Crippen LogP contribution is 2.06. The average molecular weight is 265 g/mol. The van der Waals surface area contributed by atoms with Crippen LogP contribution in [0.1, 0.15) is 19.4 Å². The molecule has 2 atom stereocenters. The maximum absolute atomic E-state index is 11.5. The summed E-state index contributed by atoms with van der Waals surface area (Å²) < 4.78 is 12.0. The molecule has 0 saturated heterocycles. The molecule has 5 nitrogen and oxygen atoms in total. The minimum atomic E-state index is -0.931. The van der Waals surface area contributed by atoms with Crippen LogP contribution < -0.4 is 11.2 Å². The van der Waals surface area contributed by atoms with E-state index >= 15 is 0 Å². The summed E-state index contributed by atoms with van der Waals surface area (Å²) in [5, 5.41) is 0.0255. The molecule has 0 bridgehead atoms. The fourth-order valence-corrected chi connectivity index (χ4v) is 2.21. The van der Waals surface area contributed by atoms with Gasteiger partial charge in [0.15, 0.2) is 0 Å². The van der Waals surface area contributed by atoms with Gasteiger partial charge < -0.3 is 0 Å². The smallest absolute Gasteiger partial charge is 0.298 e. The van der Waals surface area contributed by atoms with Crippen molar-refractivity contribution in [2.24, 2.45) is 0 Å². The van der Waals surface area contributed by atoms with E-state index in [1.165, 1.54) is 0 Å². The first-order chi connectivity index (χ1) is 7.41. The molecule has 16 heavy (non-hydrogen) atoms. The van der Waals surface area contributed by atoms with E-state index in [2.05, 4.69) is 4.98 Å². The zero-order valence-corrected chi connectivity index (χ0v) is 10.6. The van der Waals surface area contributed by atoms with Gasteiger partial charge in [-0.15, -0.1) is 0 Å². The molecule has 1 aromatic heterocycles. The van der Waals surface area contributed by atoms with Crippen molar-refractivity contribution < 1.29 is 4.21 Å². The van der Waals surface area contributed by atoms with Gasteiger partial charge in [-0.1, -0.05) is 11.6 Å². The minimum Gasteiger partial charge on any atom is -0.298 e. The Morgan fingerprint density at radius 2 is 2.19 bits per heavy atom. The molecule has 1 N–H and O–H groups in total. The van der Waals surface area contributed by atoms with E-state index in [1.807, 2.05) is 0 Å². The molecular weight excluding hydrogens is 252 g/mol. The number of halogens is 1. The zero-order chi connectivity index (χ0) is 12.3. The molecule has 1 rings (SSSR count). The lowest BCUT2D eigenvalue weighted by Crippen LogP contribution is -2.37. The van der Waals surface area contributed by atoms with Crippen molar-refractivity contribution in [2.75, 3.05) is 12.0 Å². The van der Waals surface area contributed by atoms with Crippen LogP contribution in [0, 0.1) is 0 Å². The van der Waals surface area contributed by atoms with E-state index in [0.29, 0.717) is 12.2 Å². The molecule has 0 fully saturated rings. The molecule has 0 saturated carbocycles. The molecule has 1 heterocycles. The number of aromatic amines is 1. The molecule has 0 aromatic carbocycles. The average Bonchev–Trinajstić information content (AvgIpc) is 2.12. The SMILES string of the molecule is CC(CCS(C)=O)n1c(=O)cc(Cl)[nH]c1=O. The fourth-order valence-electron chi connectivity index (χ4n) is 1.36. The standard InChI is InChI=1S/C9H13ClN2O3S/c1-6(3-4-16(2)15)12-8(13)5-7(10)11-9(12)14/h5-6H,3-4H2,1-2H3,(H,11,14). The van der Waals surface area contributed by atoms with Crippen molar-refractivity contribution >= 4 is 22.4 Å². The van der Waals surface area contributed by atoms with Crippen LogP contribution >= 0.6 is 11.6 Å². The van der Waals surface area contributed by atoms with Crippen LogP contribution in [0.4, 0.5) is 0 Å². The molecular formula is C9H13ClN2O3S. The first kappa shape index (κ1) is 13.2. The lowest BCUT2D eigenvalue weighted by atomic mass is 10.2. The van der Waals surface area contributed by atoms with Crippen LogP contribution in [0.3, 0.4) is 0 Å². The molecule has 0 aliphatic rings. The van der Waals surface area contributed by atoms with Crippen molar-refractivity contribution in [3.05, 3.63) is 32.1 Å². The van der Waals surface area contributed by atoms with Crippen LogP contribution in [0.2, 0.25) is 5.15 Å². The van der Waals surface area contributed by atoms with Gasteiger partial charge in [-0.05, 0) is 13.3 Å². The normalized spacial score (nSPS) is 14.7. The lowest BCUT2D eigenvalue weighted by Gasteiger charge is -2.12. The highest BCUT2D eigenvalue weighted by atomic mass is 35.5. The quantitative estimate of drug-likeness (QED) is 0.806. The number of aromatic nitrogens is 2. The number of nitrogens with one attached hydrogen (secondary N) is 1. The van der Waals surface area contributed by atoms with E-state index in [0.717, 1.165) is 10.6 Å². The van der Waals surface area contributed by atoms with E-state index in [-0.39, 0.29) is 11.2 Å². The van der Waals surface area contributed by atoms with Gasteiger partial charge in [-0.25, -0.2) is 4.79 Å². The number of hydrogen-bond donors (Lipinski definition) is 1. The fraction of sp³-hybridized carbons (Fsp3) is 0.556. The zero-order valence-electron chi connectivity index (χ0n) is 9.03. The Balaban J connectivity index is 3.00. The first-order valence-electron chi connectivity index (χ1n) is 4.73. The number of H-pyrrole nitrogens is 1. The van der Waals surface area contributed by atoms with Gasteiger partial charge in [0.2, 0.25) is 0 Å². The largest absolute Gasteiger partial charge is 0.329 e. The summed E-state index contributed by atoms with van der Waals surface area (Å²) in [7, 11) is -0.931. The van der Waals surface area contributed by atoms with E-state index in [9.17, 15) is 13.8 Å². The minimum absolute atomic E-state index is 0.0255. The van der Waals surface area contributed by atoms with Crippen LogP contribution in [0.25, 0.3) is 0 Å². The Kier molecular flexibility index (Phi) is 4.49. The maximum Gasteiger partial charge on any atom is 0.329 e. The predicted octanol–water partition coefficient (Wildman–Crippen LogP) is 0.520. The van der Waals surface area contributed by atoms with Gasteiger partial charge in [0.1, 0.15) is 5.15 Å². The van der Waals surface area contributed by atoms with Crippen molar-refractivity contribution in [3.63, 3.8) is 0 Å². The second kappa shape index (κ2) is 5.45. The second-order valence-corrected chi connectivity index (χ2v) is 5.51. The Morgan fingerprint density at radius 1 is 1.56 bits per heavy atom. The molecule has 0 aliphatic carbocycles. The Labute approximate surface area is 99.9 Å². The predicted molar refractivity (Wildman–Crippen MR) is 64.6 cm³/mol. The summed E-state index contributed by atoms with van der Waals surface area (Å²) in [6, 6.07) is 0.861. The van der Waals surface area contributed by atoms with Gasteiger partial charge in [-0.3, -0.25) is 18.6 Å². The summed E-state index contributed by atoms with van der Waals surface area (Å²) in [6.07, 6.45) is 2.09. The lowest BCUT2D eigenvalue weighted by molar-refractivity contribution is 0.491. The van der Waals surface area contributed by atoms with Crippen LogP contribution in [0.5, 0.6) is 0 Å². The van der Waals surface area contributed by atoms with Crippen molar-refractivity contribution in [1.82, 2.24) is 9.55 Å². The molecule has 0 aliphatic heterocycles. The highest BCUT2D eigenvalue weighted by molar-refractivity contribution is 7.84. The molecule has 0 amide bonds. The number of hydrogen-bond acceptors (Lipinski definition) is 3. The third-order valence-electron chi connectivity index (χ3n) is 2.20. The number of nitrogens with zero attached hydrogens (tertiary/aromatic N) is 1. The van der Waals surface area contributed by atoms with Crippen molar-refractivity contribution in [1.29, 1.82) is 0 Å². The summed E-state index contributed by atoms with van der Waals surface area (Å²) >= 11 is 5.54. The Hall–Kier alpha value is -0.880. The van der Waals surface area contributed by atoms with E-state index < -0.39 is 22.0 Å². The topological polar surface area (TPSA) is 71.9 Å². The van der Waals surface area contributed by atoms with Gasteiger partial charge in [0, 0.05) is 34.9 Å². The van der Waals surface area contributed by atoms with Crippen molar-refractivity contribution in [2.45, 2.75) is 19.4 Å². The Bertz CT molecular complexity index is 477. The van der Waals surface area contributed by atoms with Crippen LogP contribution in [-0.2, 0) is 10.8 Å². The molecule has 0 spiro atoms. The number of rotatable bonds is 4. The molecule has 90 valence electrons. The first-order valence-corrected chi connectivity index (χ1v) is 6.83. The summed E-state index contributed by atoms with van der Waals surface area (Å²) in [5.41, 5.74) is -0.977. The van der Waals surface area contributed by atoms with Gasteiger partial charge >= 0.3 is 5.69 Å². The molecule has 0 radical (unpaired) electrons. The van der Waals surface area contributed by atoms with Gasteiger partial charge in [-0.2, -0.15) is 0 Å². The Morgan fingerprint density at radius 3 is 2.69 bits per heavy atom. The third-order valence-corrected chi connectivity index (χ3v) is 3.21. The second-order valence-electron chi connectivity index (χ2n) is 3.55. The summed E-state index contributed by atoms with van der Waals surface area (Å²) in [6.45, 7) is 1.73. The third kappa shape index (κ3) is 3.31. The monoisotopic (exact) mass is 264 g/mol. The van der Waals surface area contributed by atoms with Gasteiger partial charge in [0.05, 0.1) is 0 Å². The summed E-state index contributed by atoms with van der Waals surface area (Å²) in [5.74, 6) is 0.454. The molecule has 1 aromatic rings. The van der Waals surface area contributed by atoms with Crippen LogP contribution in [-0.4, -0.2) is 25.8 Å². The highest BCUT2D eigenvalue weighted by Gasteiger charge is 2.11. The maximum atomic E-state index is 11.5. The summed E-state index contributed by atoms with van der Waals surface area (Å²) in [4.78, 5) is 25.4. The van der Waals surface area contributed by atoms with E-state index in [1.54, 1.807) is 13.2 Å². The van der Waals surface area contributed by atoms with E-state index in [4.69, 9.17) is 11.6 Å². The van der Waals surface area contributed by atoms with Crippen molar-refractivity contribution in [3.8, 4) is 0 Å². The molecule has 7 heteroatoms.